The Hall–Kier alpha value is -1.90. The molecule has 146 valence electrons. The van der Waals surface area contributed by atoms with Gasteiger partial charge in [-0.25, -0.2) is 8.42 Å². The van der Waals surface area contributed by atoms with Gasteiger partial charge in [0.15, 0.2) is 0 Å². The summed E-state index contributed by atoms with van der Waals surface area (Å²) in [5.41, 5.74) is 0.865. The van der Waals surface area contributed by atoms with E-state index in [9.17, 15) is 13.2 Å². The Kier molecular flexibility index (Phi) is 4.96. The molecule has 2 aromatic rings. The number of aromatic nitrogens is 1. The molecule has 1 atom stereocenters. The number of morpholine rings is 1. The van der Waals surface area contributed by atoms with Crippen molar-refractivity contribution in [2.75, 3.05) is 39.4 Å². The van der Waals surface area contributed by atoms with Crippen molar-refractivity contribution in [1.29, 1.82) is 0 Å². The molecule has 0 saturated carbocycles. The molecule has 7 nitrogen and oxygen atoms in total. The van der Waals surface area contributed by atoms with Crippen LogP contribution in [0, 0.1) is 0 Å². The molecule has 2 fully saturated rings. The van der Waals surface area contributed by atoms with Crippen LogP contribution in [0.2, 0.25) is 0 Å². The molecule has 8 heteroatoms. The van der Waals surface area contributed by atoms with Crippen LogP contribution in [0.5, 0.6) is 0 Å². The summed E-state index contributed by atoms with van der Waals surface area (Å²) in [5, 5.41) is 0.830. The van der Waals surface area contributed by atoms with E-state index in [0.29, 0.717) is 44.3 Å². The number of amides is 1. The van der Waals surface area contributed by atoms with Crippen LogP contribution in [-0.2, 0) is 19.6 Å². The van der Waals surface area contributed by atoms with Gasteiger partial charge < -0.3 is 14.2 Å². The SMILES string of the molecule is CC(C(=O)N1CCOCC1)n1ccc2cc(S(=O)(=O)N3CCCC3)ccc21. The fourth-order valence-corrected chi connectivity index (χ4v) is 5.44. The summed E-state index contributed by atoms with van der Waals surface area (Å²) in [6.07, 6.45) is 3.69. The van der Waals surface area contributed by atoms with Crippen LogP contribution in [0.15, 0.2) is 35.4 Å². The molecule has 0 bridgehead atoms. The van der Waals surface area contributed by atoms with Crippen molar-refractivity contribution >= 4 is 26.8 Å². The monoisotopic (exact) mass is 391 g/mol. The highest BCUT2D eigenvalue weighted by atomic mass is 32.2. The third kappa shape index (κ3) is 3.37. The Morgan fingerprint density at radius 1 is 1.07 bits per heavy atom. The highest BCUT2D eigenvalue weighted by Crippen LogP contribution is 2.27. The maximum Gasteiger partial charge on any atom is 0.245 e. The summed E-state index contributed by atoms with van der Waals surface area (Å²) in [6.45, 7) is 5.43. The first-order valence-corrected chi connectivity index (χ1v) is 10.9. The molecule has 0 aliphatic carbocycles. The lowest BCUT2D eigenvalue weighted by molar-refractivity contribution is -0.138. The van der Waals surface area contributed by atoms with Gasteiger partial charge in [0.25, 0.3) is 0 Å². The zero-order valence-electron chi connectivity index (χ0n) is 15.5. The fourth-order valence-electron chi connectivity index (χ4n) is 3.88. The minimum Gasteiger partial charge on any atom is -0.378 e. The molecule has 0 spiro atoms. The van der Waals surface area contributed by atoms with Gasteiger partial charge in [-0.1, -0.05) is 0 Å². The number of hydrogen-bond donors (Lipinski definition) is 0. The predicted molar refractivity (Wildman–Crippen MR) is 102 cm³/mol. The molecule has 4 rings (SSSR count). The molecule has 2 saturated heterocycles. The summed E-state index contributed by atoms with van der Waals surface area (Å²) >= 11 is 0. The van der Waals surface area contributed by atoms with Crippen molar-refractivity contribution in [2.24, 2.45) is 0 Å². The lowest BCUT2D eigenvalue weighted by Gasteiger charge is -2.30. The highest BCUT2D eigenvalue weighted by molar-refractivity contribution is 7.89. The van der Waals surface area contributed by atoms with Gasteiger partial charge in [0.2, 0.25) is 15.9 Å². The summed E-state index contributed by atoms with van der Waals surface area (Å²) in [7, 11) is -3.44. The van der Waals surface area contributed by atoms with Gasteiger partial charge in [0.1, 0.15) is 6.04 Å². The number of fused-ring (bicyclic) bond motifs is 1. The quantitative estimate of drug-likeness (QED) is 0.797. The third-order valence-corrected chi connectivity index (χ3v) is 7.39. The number of hydrogen-bond acceptors (Lipinski definition) is 4. The number of carbonyl (C=O) groups is 1. The van der Waals surface area contributed by atoms with E-state index in [1.54, 1.807) is 22.5 Å². The lowest BCUT2D eigenvalue weighted by Crippen LogP contribution is -2.43. The van der Waals surface area contributed by atoms with Crippen LogP contribution in [0.3, 0.4) is 0 Å². The standard InChI is InChI=1S/C19H25N3O4S/c1-15(19(23)20-10-12-26-13-11-20)22-9-6-16-14-17(4-5-18(16)22)27(24,25)21-7-2-3-8-21/h4-6,9,14-15H,2-3,7-8,10-13H2,1H3. The van der Waals surface area contributed by atoms with E-state index < -0.39 is 10.0 Å². The molecule has 0 radical (unpaired) electrons. The second-order valence-corrected chi connectivity index (χ2v) is 9.11. The summed E-state index contributed by atoms with van der Waals surface area (Å²) in [4.78, 5) is 14.9. The molecule has 2 aliphatic heterocycles. The minimum absolute atomic E-state index is 0.0598. The number of ether oxygens (including phenoxy) is 1. The van der Waals surface area contributed by atoms with Gasteiger partial charge in [0, 0.05) is 43.3 Å². The molecule has 1 aromatic heterocycles. The molecule has 1 aromatic carbocycles. The van der Waals surface area contributed by atoms with E-state index in [4.69, 9.17) is 4.74 Å². The average molecular weight is 391 g/mol. The van der Waals surface area contributed by atoms with Crippen molar-refractivity contribution in [3.63, 3.8) is 0 Å². The van der Waals surface area contributed by atoms with Crippen molar-refractivity contribution in [1.82, 2.24) is 13.8 Å². The second kappa shape index (κ2) is 7.26. The van der Waals surface area contributed by atoms with Crippen molar-refractivity contribution in [3.8, 4) is 0 Å². The van der Waals surface area contributed by atoms with Crippen LogP contribution >= 0.6 is 0 Å². The zero-order chi connectivity index (χ0) is 19.0. The van der Waals surface area contributed by atoms with Gasteiger partial charge in [0.05, 0.1) is 18.1 Å². The first kappa shape index (κ1) is 18.5. The number of nitrogens with zero attached hydrogens (tertiary/aromatic N) is 3. The number of benzene rings is 1. The largest absolute Gasteiger partial charge is 0.378 e. The molecule has 1 unspecified atom stereocenters. The number of sulfonamides is 1. The smallest absolute Gasteiger partial charge is 0.245 e. The summed E-state index contributed by atoms with van der Waals surface area (Å²) < 4.78 is 34.3. The van der Waals surface area contributed by atoms with Gasteiger partial charge in [-0.2, -0.15) is 4.31 Å². The Morgan fingerprint density at radius 3 is 2.48 bits per heavy atom. The van der Waals surface area contributed by atoms with Gasteiger partial charge in [-0.05, 0) is 44.0 Å². The van der Waals surface area contributed by atoms with Crippen LogP contribution in [0.25, 0.3) is 10.9 Å². The highest BCUT2D eigenvalue weighted by Gasteiger charge is 2.28. The zero-order valence-corrected chi connectivity index (χ0v) is 16.3. The van der Waals surface area contributed by atoms with E-state index >= 15 is 0 Å². The Labute approximate surface area is 159 Å². The van der Waals surface area contributed by atoms with Gasteiger partial charge in [-0.15, -0.1) is 0 Å². The second-order valence-electron chi connectivity index (χ2n) is 7.17. The molecule has 1 amide bonds. The molecule has 27 heavy (non-hydrogen) atoms. The maximum absolute atomic E-state index is 12.8. The Bertz CT molecular complexity index is 941. The Balaban J connectivity index is 1.61. The maximum atomic E-state index is 12.8. The minimum atomic E-state index is -3.44. The molecular formula is C19H25N3O4S. The number of carbonyl (C=O) groups excluding carboxylic acids is 1. The summed E-state index contributed by atoms with van der Waals surface area (Å²) in [6, 6.07) is 6.70. The predicted octanol–water partition coefficient (Wildman–Crippen LogP) is 1.85. The van der Waals surface area contributed by atoms with E-state index in [0.717, 1.165) is 23.7 Å². The first-order chi connectivity index (χ1) is 13.0. The summed E-state index contributed by atoms with van der Waals surface area (Å²) in [5.74, 6) is 0.0598. The van der Waals surface area contributed by atoms with Crippen molar-refractivity contribution in [3.05, 3.63) is 30.5 Å². The van der Waals surface area contributed by atoms with E-state index in [-0.39, 0.29) is 11.9 Å². The molecule has 2 aliphatic rings. The lowest BCUT2D eigenvalue weighted by atomic mass is 10.2. The molecular weight excluding hydrogens is 366 g/mol. The average Bonchev–Trinajstić information content (AvgIpc) is 3.37. The van der Waals surface area contributed by atoms with Crippen LogP contribution < -0.4 is 0 Å². The van der Waals surface area contributed by atoms with Crippen LogP contribution in [0.1, 0.15) is 25.8 Å². The van der Waals surface area contributed by atoms with Gasteiger partial charge in [-0.3, -0.25) is 4.79 Å². The number of rotatable bonds is 4. The normalized spacial score (nSPS) is 20.3. The fraction of sp³-hybridized carbons (Fsp3) is 0.526. The molecule has 0 N–H and O–H groups in total. The van der Waals surface area contributed by atoms with E-state index in [1.165, 1.54) is 0 Å². The first-order valence-electron chi connectivity index (χ1n) is 9.46. The molecule has 3 heterocycles. The van der Waals surface area contributed by atoms with Crippen molar-refractivity contribution in [2.45, 2.75) is 30.7 Å². The Morgan fingerprint density at radius 2 is 1.78 bits per heavy atom. The third-order valence-electron chi connectivity index (χ3n) is 5.49. The van der Waals surface area contributed by atoms with E-state index in [2.05, 4.69) is 0 Å². The van der Waals surface area contributed by atoms with Crippen LogP contribution in [0.4, 0.5) is 0 Å². The topological polar surface area (TPSA) is 71.8 Å². The van der Waals surface area contributed by atoms with Gasteiger partial charge >= 0.3 is 0 Å². The van der Waals surface area contributed by atoms with E-state index in [1.807, 2.05) is 28.7 Å². The van der Waals surface area contributed by atoms with Crippen LogP contribution in [-0.4, -0.2) is 67.5 Å². The van der Waals surface area contributed by atoms with Crippen molar-refractivity contribution < 1.29 is 17.9 Å².